The predicted octanol–water partition coefficient (Wildman–Crippen LogP) is 5.42. The van der Waals surface area contributed by atoms with Crippen LogP contribution >= 0.6 is 11.6 Å². The van der Waals surface area contributed by atoms with Gasteiger partial charge in [-0.1, -0.05) is 41.9 Å². The van der Waals surface area contributed by atoms with Gasteiger partial charge in [-0.15, -0.1) is 0 Å². The first-order chi connectivity index (χ1) is 9.99. The van der Waals surface area contributed by atoms with Gasteiger partial charge in [-0.05, 0) is 31.5 Å². The Morgan fingerprint density at radius 1 is 1.10 bits per heavy atom. The summed E-state index contributed by atoms with van der Waals surface area (Å²) < 4.78 is 29.5. The highest BCUT2D eigenvalue weighted by Gasteiger charge is 2.16. The number of para-hydroxylation sites is 2. The molecule has 1 N–H and O–H groups in total. The smallest absolute Gasteiger partial charge is 0.387 e. The third-order valence-corrected chi connectivity index (χ3v) is 3.50. The fourth-order valence-electron chi connectivity index (χ4n) is 2.15. The van der Waals surface area contributed by atoms with Crippen LogP contribution in [0.4, 0.5) is 14.5 Å². The van der Waals surface area contributed by atoms with E-state index in [1.165, 1.54) is 6.07 Å². The SMILES string of the molecule is Cc1cccc(Cl)c1NC(C)c1ccccc1OC(F)F. The summed E-state index contributed by atoms with van der Waals surface area (Å²) >= 11 is 6.17. The van der Waals surface area contributed by atoms with Gasteiger partial charge in [0.2, 0.25) is 0 Å². The Kier molecular flexibility index (Phi) is 5.02. The van der Waals surface area contributed by atoms with Crippen molar-refractivity contribution < 1.29 is 13.5 Å². The van der Waals surface area contributed by atoms with E-state index in [0.29, 0.717) is 10.6 Å². The first kappa shape index (κ1) is 15.6. The van der Waals surface area contributed by atoms with Gasteiger partial charge in [0, 0.05) is 5.56 Å². The molecule has 0 heterocycles. The molecule has 0 bridgehead atoms. The third kappa shape index (κ3) is 3.85. The topological polar surface area (TPSA) is 21.3 Å². The van der Waals surface area contributed by atoms with Gasteiger partial charge in [0.25, 0.3) is 0 Å². The second-order valence-electron chi connectivity index (χ2n) is 4.71. The molecular formula is C16H16ClF2NO. The van der Waals surface area contributed by atoms with E-state index in [2.05, 4.69) is 10.1 Å². The number of benzene rings is 2. The molecule has 0 aliphatic rings. The summed E-state index contributed by atoms with van der Waals surface area (Å²) in [5, 5.41) is 3.84. The van der Waals surface area contributed by atoms with Crippen molar-refractivity contribution in [3.8, 4) is 5.75 Å². The lowest BCUT2D eigenvalue weighted by molar-refractivity contribution is -0.0505. The number of anilines is 1. The van der Waals surface area contributed by atoms with E-state index in [1.807, 2.05) is 26.0 Å². The lowest BCUT2D eigenvalue weighted by Crippen LogP contribution is -2.11. The molecule has 0 amide bonds. The van der Waals surface area contributed by atoms with Gasteiger partial charge in [0.05, 0.1) is 16.8 Å². The van der Waals surface area contributed by atoms with E-state index in [9.17, 15) is 8.78 Å². The van der Waals surface area contributed by atoms with Crippen LogP contribution in [0.5, 0.6) is 5.75 Å². The number of hydrogen-bond acceptors (Lipinski definition) is 2. The second-order valence-corrected chi connectivity index (χ2v) is 5.12. The summed E-state index contributed by atoms with van der Waals surface area (Å²) in [5.74, 6) is 0.164. The lowest BCUT2D eigenvalue weighted by atomic mass is 10.1. The van der Waals surface area contributed by atoms with Crippen molar-refractivity contribution in [3.05, 3.63) is 58.6 Å². The van der Waals surface area contributed by atoms with Crippen molar-refractivity contribution in [3.63, 3.8) is 0 Å². The maximum absolute atomic E-state index is 12.5. The molecule has 0 fully saturated rings. The van der Waals surface area contributed by atoms with Crippen LogP contribution < -0.4 is 10.1 Å². The van der Waals surface area contributed by atoms with Gasteiger partial charge in [-0.25, -0.2) is 0 Å². The van der Waals surface area contributed by atoms with Gasteiger partial charge >= 0.3 is 6.61 Å². The quantitative estimate of drug-likeness (QED) is 0.795. The third-order valence-electron chi connectivity index (χ3n) is 3.18. The summed E-state index contributed by atoms with van der Waals surface area (Å²) in [6, 6.07) is 12.1. The highest BCUT2D eigenvalue weighted by molar-refractivity contribution is 6.33. The van der Waals surface area contributed by atoms with Crippen molar-refractivity contribution in [1.82, 2.24) is 0 Å². The standard InChI is InChI=1S/C16H16ClF2NO/c1-10-6-5-8-13(17)15(10)20-11(2)12-7-3-4-9-14(12)21-16(18)19/h3-9,11,16,20H,1-2H3. The Morgan fingerprint density at radius 3 is 2.48 bits per heavy atom. The molecule has 0 aromatic heterocycles. The highest BCUT2D eigenvalue weighted by Crippen LogP contribution is 2.32. The minimum absolute atomic E-state index is 0.164. The molecule has 2 nitrogen and oxygen atoms in total. The zero-order chi connectivity index (χ0) is 15.4. The van der Waals surface area contributed by atoms with E-state index >= 15 is 0 Å². The van der Waals surface area contributed by atoms with E-state index in [1.54, 1.807) is 24.3 Å². The maximum Gasteiger partial charge on any atom is 0.387 e. The van der Waals surface area contributed by atoms with Crippen LogP contribution in [0.15, 0.2) is 42.5 Å². The van der Waals surface area contributed by atoms with E-state index in [-0.39, 0.29) is 11.8 Å². The van der Waals surface area contributed by atoms with Gasteiger partial charge in [0.15, 0.2) is 0 Å². The van der Waals surface area contributed by atoms with Crippen LogP contribution in [0.25, 0.3) is 0 Å². The Balaban J connectivity index is 2.26. The molecule has 0 saturated heterocycles. The molecule has 2 rings (SSSR count). The molecule has 1 atom stereocenters. The Labute approximate surface area is 127 Å². The van der Waals surface area contributed by atoms with Gasteiger partial charge < -0.3 is 10.1 Å². The van der Waals surface area contributed by atoms with Crippen LogP contribution in [0, 0.1) is 6.92 Å². The molecule has 2 aromatic carbocycles. The zero-order valence-corrected chi connectivity index (χ0v) is 12.5. The maximum atomic E-state index is 12.5. The summed E-state index contributed by atoms with van der Waals surface area (Å²) in [4.78, 5) is 0. The number of hydrogen-bond donors (Lipinski definition) is 1. The van der Waals surface area contributed by atoms with Crippen molar-refractivity contribution in [2.45, 2.75) is 26.5 Å². The Bertz CT molecular complexity index is 599. The number of ether oxygens (including phenoxy) is 1. The normalized spacial score (nSPS) is 12.3. The summed E-state index contributed by atoms with van der Waals surface area (Å²) in [7, 11) is 0. The first-order valence-corrected chi connectivity index (χ1v) is 6.92. The average Bonchev–Trinajstić information content (AvgIpc) is 2.43. The van der Waals surface area contributed by atoms with Crippen molar-refractivity contribution >= 4 is 17.3 Å². The number of alkyl halides is 2. The lowest BCUT2D eigenvalue weighted by Gasteiger charge is -2.21. The van der Waals surface area contributed by atoms with E-state index < -0.39 is 6.61 Å². The monoisotopic (exact) mass is 311 g/mol. The van der Waals surface area contributed by atoms with Crippen LogP contribution in [-0.4, -0.2) is 6.61 Å². The van der Waals surface area contributed by atoms with Crippen molar-refractivity contribution in [2.75, 3.05) is 5.32 Å². The second kappa shape index (κ2) is 6.76. The van der Waals surface area contributed by atoms with Crippen LogP contribution in [0.2, 0.25) is 5.02 Å². The number of rotatable bonds is 5. The fraction of sp³-hybridized carbons (Fsp3) is 0.250. The van der Waals surface area contributed by atoms with Gasteiger partial charge in [-0.3, -0.25) is 0 Å². The molecule has 2 aromatic rings. The molecular weight excluding hydrogens is 296 g/mol. The molecule has 1 unspecified atom stereocenters. The van der Waals surface area contributed by atoms with Gasteiger partial charge in [0.1, 0.15) is 5.75 Å². The Hall–Kier alpha value is -1.81. The average molecular weight is 312 g/mol. The molecule has 5 heteroatoms. The first-order valence-electron chi connectivity index (χ1n) is 6.54. The van der Waals surface area contributed by atoms with Crippen LogP contribution in [-0.2, 0) is 0 Å². The Morgan fingerprint density at radius 2 is 1.81 bits per heavy atom. The molecule has 21 heavy (non-hydrogen) atoms. The van der Waals surface area contributed by atoms with Crippen molar-refractivity contribution in [2.24, 2.45) is 0 Å². The molecule has 0 spiro atoms. The minimum Gasteiger partial charge on any atom is -0.434 e. The summed E-state index contributed by atoms with van der Waals surface area (Å²) in [6.07, 6.45) is 0. The molecule has 0 aliphatic carbocycles. The largest absolute Gasteiger partial charge is 0.434 e. The minimum atomic E-state index is -2.85. The fourth-order valence-corrected chi connectivity index (χ4v) is 2.43. The molecule has 0 aliphatic heterocycles. The van der Waals surface area contributed by atoms with Crippen LogP contribution in [0.1, 0.15) is 24.1 Å². The van der Waals surface area contributed by atoms with E-state index in [0.717, 1.165) is 11.3 Å². The summed E-state index contributed by atoms with van der Waals surface area (Å²) in [5.41, 5.74) is 2.43. The number of nitrogens with one attached hydrogen (secondary N) is 1. The zero-order valence-electron chi connectivity index (χ0n) is 11.7. The number of halogens is 3. The van der Waals surface area contributed by atoms with E-state index in [4.69, 9.17) is 11.6 Å². The summed E-state index contributed by atoms with van der Waals surface area (Å²) in [6.45, 7) is 0.958. The molecule has 0 saturated carbocycles. The van der Waals surface area contributed by atoms with Crippen molar-refractivity contribution in [1.29, 1.82) is 0 Å². The highest BCUT2D eigenvalue weighted by atomic mass is 35.5. The van der Waals surface area contributed by atoms with Gasteiger partial charge in [-0.2, -0.15) is 8.78 Å². The van der Waals surface area contributed by atoms with Crippen LogP contribution in [0.3, 0.4) is 0 Å². The number of aryl methyl sites for hydroxylation is 1. The molecule has 112 valence electrons. The predicted molar refractivity (Wildman–Crippen MR) is 81.3 cm³/mol. The molecule has 0 radical (unpaired) electrons.